The quantitative estimate of drug-likeness (QED) is 0.0503. The minimum absolute atomic E-state index is 0.0589. The summed E-state index contributed by atoms with van der Waals surface area (Å²) in [4.78, 5) is 61.2. The van der Waals surface area contributed by atoms with E-state index in [4.69, 9.17) is 51.1 Å². The third-order valence-corrected chi connectivity index (χ3v) is 11.4. The van der Waals surface area contributed by atoms with Gasteiger partial charge in [0.15, 0.2) is 17.1 Å². The van der Waals surface area contributed by atoms with Crippen LogP contribution in [0.5, 0.6) is 0 Å². The van der Waals surface area contributed by atoms with Gasteiger partial charge in [0.2, 0.25) is 0 Å². The van der Waals surface area contributed by atoms with Gasteiger partial charge in [-0.1, -0.05) is 58.2 Å². The minimum Gasteiger partial charge on any atom is -0.481 e. The smallest absolute Gasteiger partial charge is 0.307 e. The topological polar surface area (TPSA) is 255 Å². The van der Waals surface area contributed by atoms with Crippen LogP contribution >= 0.6 is 58.2 Å². The predicted molar refractivity (Wildman–Crippen MR) is 266 cm³/mol. The molecule has 25 heteroatoms. The molecule has 0 unspecified atom stereocenters. The number of carbonyl (C=O) groups is 4. The number of methoxy groups -OCH3 is 1. The van der Waals surface area contributed by atoms with Gasteiger partial charge in [-0.2, -0.15) is 10.2 Å². The lowest BCUT2D eigenvalue weighted by atomic mass is 10.0. The van der Waals surface area contributed by atoms with E-state index in [0.29, 0.717) is 55.4 Å². The van der Waals surface area contributed by atoms with E-state index in [2.05, 4.69) is 62.4 Å². The number of rotatable bonds is 18. The molecule has 68 heavy (non-hydrogen) atoms. The van der Waals surface area contributed by atoms with Crippen LogP contribution in [0.4, 0.5) is 0 Å². The zero-order valence-corrected chi connectivity index (χ0v) is 41.2. The van der Waals surface area contributed by atoms with Gasteiger partial charge >= 0.3 is 11.9 Å². The molecule has 0 aliphatic carbocycles. The molecule has 0 spiro atoms. The molecule has 2 aromatic heterocycles. The van der Waals surface area contributed by atoms with Gasteiger partial charge in [-0.3, -0.25) is 43.5 Å². The molecule has 2 atom stereocenters. The number of carboxylic acid groups (broad SMARTS) is 1. The summed E-state index contributed by atoms with van der Waals surface area (Å²) in [6.45, 7) is 7.99. The van der Waals surface area contributed by atoms with Crippen LogP contribution in [0.2, 0.25) is 20.1 Å². The summed E-state index contributed by atoms with van der Waals surface area (Å²) < 4.78 is 8.12. The zero-order chi connectivity index (χ0) is 48.8. The lowest BCUT2D eigenvalue weighted by molar-refractivity contribution is -0.141. The third kappa shape index (κ3) is 18.4. The van der Waals surface area contributed by atoms with Gasteiger partial charge in [0.05, 0.1) is 75.2 Å². The van der Waals surface area contributed by atoms with Crippen LogP contribution in [0.25, 0.3) is 0 Å². The number of amides is 2. The lowest BCUT2D eigenvalue weighted by Crippen LogP contribution is -2.34. The van der Waals surface area contributed by atoms with Gasteiger partial charge in [0.25, 0.3) is 11.8 Å². The molecular formula is C43H54Cl4N14O6S. The van der Waals surface area contributed by atoms with Crippen molar-refractivity contribution in [2.75, 3.05) is 65.7 Å². The van der Waals surface area contributed by atoms with E-state index < -0.39 is 29.9 Å². The summed E-state index contributed by atoms with van der Waals surface area (Å²) in [5, 5.41) is 41.7. The van der Waals surface area contributed by atoms with E-state index in [1.807, 2.05) is 6.26 Å². The van der Waals surface area contributed by atoms with Gasteiger partial charge < -0.3 is 47.1 Å². The third-order valence-electron chi connectivity index (χ3n) is 9.85. The maximum absolute atomic E-state index is 12.8. The first-order valence-electron chi connectivity index (χ1n) is 21.5. The molecule has 366 valence electrons. The molecule has 0 radical (unpaired) electrons. The number of ether oxygens (including phenoxy) is 1. The standard InChI is InChI=1S/C20H24Cl2N6O3.C19H22Cl2N6O3.C4H8N2S/c1-31-18(29)10-17(13-7-15(21)9-16(22)8-13)27-19(30)14-11-26-28(12-14)6-2-3-23-20-24-4-5-25-20;20-14-6-12(7-15(21)8-14)16(9-17(28)29)26-18(30)13-10-25-27(11-13)5-1-2-22-19-23-3-4-24-19;1-7-4-5-2-3-6-4/h7-9,11-12,17H,2-6,10H2,1H3,(H,27,30)(H2,23,24,25);6-8,10-11,16H,1-5,9H2,(H,26,30)(H,28,29)(H2,22,23,24);2-3H2,1H3,(H,5,6)/t17-;16-;/m00./s1. The fourth-order valence-electron chi connectivity index (χ4n) is 6.61. The number of aromatic nitrogens is 4. The highest BCUT2D eigenvalue weighted by atomic mass is 35.5. The number of carbonyl (C=O) groups excluding carboxylic acids is 3. The molecule has 5 heterocycles. The molecule has 4 aromatic rings. The fraction of sp³-hybridized carbons (Fsp3) is 0.419. The first-order chi connectivity index (χ1) is 32.8. The van der Waals surface area contributed by atoms with E-state index in [-0.39, 0.29) is 18.7 Å². The maximum Gasteiger partial charge on any atom is 0.307 e. The van der Waals surface area contributed by atoms with Crippen molar-refractivity contribution in [2.24, 2.45) is 15.0 Å². The monoisotopic (exact) mass is 1030 g/mol. The molecule has 3 aliphatic heterocycles. The predicted octanol–water partition coefficient (Wildman–Crippen LogP) is 4.55. The molecule has 2 amide bonds. The minimum atomic E-state index is -1.05. The number of aliphatic imine (C=N–C) groups is 3. The van der Waals surface area contributed by atoms with Gasteiger partial charge in [0.1, 0.15) is 0 Å². The number of hydrogen-bond donors (Lipinski definition) is 8. The van der Waals surface area contributed by atoms with Gasteiger partial charge in [-0.05, 0) is 66.6 Å². The Morgan fingerprint density at radius 2 is 1.13 bits per heavy atom. The Bertz CT molecular complexity index is 2390. The van der Waals surface area contributed by atoms with Crippen molar-refractivity contribution in [3.8, 4) is 0 Å². The van der Waals surface area contributed by atoms with E-state index in [9.17, 15) is 24.3 Å². The number of nitrogens with zero attached hydrogens (tertiary/aromatic N) is 7. The molecular weight excluding hydrogens is 982 g/mol. The number of esters is 1. The van der Waals surface area contributed by atoms with E-state index in [1.54, 1.807) is 69.9 Å². The summed E-state index contributed by atoms with van der Waals surface area (Å²) in [5.41, 5.74) is 1.86. The van der Waals surface area contributed by atoms with Crippen molar-refractivity contribution in [1.29, 1.82) is 0 Å². The SMILES string of the molecule is COC(=O)C[C@H](NC(=O)c1cnn(CCCNC2=NCCN2)c1)c1cc(Cl)cc(Cl)c1.CSC1=NCCN1.O=C(O)C[C@H](NC(=O)c1cnn(CCCNC2=NCCN2)c1)c1cc(Cl)cc(Cl)c1. The number of aryl methyl sites for hydroxylation is 2. The lowest BCUT2D eigenvalue weighted by Gasteiger charge is -2.18. The molecule has 3 aliphatic rings. The molecule has 0 bridgehead atoms. The Morgan fingerprint density at radius 3 is 1.50 bits per heavy atom. The number of halogens is 4. The highest BCUT2D eigenvalue weighted by molar-refractivity contribution is 8.13. The van der Waals surface area contributed by atoms with Crippen LogP contribution in [0.15, 0.2) is 76.2 Å². The van der Waals surface area contributed by atoms with Crippen LogP contribution < -0.4 is 37.2 Å². The van der Waals surface area contributed by atoms with Gasteiger partial charge in [-0.15, -0.1) is 0 Å². The Balaban J connectivity index is 0.000000222. The van der Waals surface area contributed by atoms with Crippen molar-refractivity contribution in [3.63, 3.8) is 0 Å². The molecule has 0 saturated carbocycles. The van der Waals surface area contributed by atoms with Crippen LogP contribution in [0.3, 0.4) is 0 Å². The number of benzene rings is 2. The Kier molecular flexibility index (Phi) is 21.9. The highest BCUT2D eigenvalue weighted by Gasteiger charge is 2.23. The number of hydrogen-bond acceptors (Lipinski definition) is 16. The van der Waals surface area contributed by atoms with Crippen molar-refractivity contribution < 1.29 is 29.0 Å². The average Bonchev–Trinajstić information content (AvgIpc) is 4.17. The number of thioether (sulfide) groups is 1. The van der Waals surface area contributed by atoms with Crippen LogP contribution in [-0.2, 0) is 27.4 Å². The van der Waals surface area contributed by atoms with Crippen molar-refractivity contribution in [3.05, 3.63) is 104 Å². The number of aliphatic carboxylic acids is 1. The average molecular weight is 1040 g/mol. The Hall–Kier alpha value is -5.74. The van der Waals surface area contributed by atoms with Crippen molar-refractivity contribution in [1.82, 2.24) is 56.8 Å². The first kappa shape index (κ1) is 53.2. The summed E-state index contributed by atoms with van der Waals surface area (Å²) in [7, 11) is 1.29. The second kappa shape index (κ2) is 27.9. The summed E-state index contributed by atoms with van der Waals surface area (Å²) >= 11 is 25.9. The largest absolute Gasteiger partial charge is 0.481 e. The maximum atomic E-state index is 12.8. The zero-order valence-electron chi connectivity index (χ0n) is 37.4. The second-order valence-corrected chi connectivity index (χ2v) is 17.6. The van der Waals surface area contributed by atoms with Crippen LogP contribution in [0.1, 0.15) is 69.6 Å². The highest BCUT2D eigenvalue weighted by Crippen LogP contribution is 2.27. The number of nitrogens with one attached hydrogen (secondary N) is 7. The summed E-state index contributed by atoms with van der Waals surface area (Å²) in [6, 6.07) is 8.17. The Labute approximate surface area is 417 Å². The number of guanidine groups is 2. The second-order valence-electron chi connectivity index (χ2n) is 15.0. The molecule has 7 rings (SSSR count). The van der Waals surface area contributed by atoms with Crippen LogP contribution in [-0.4, -0.2) is 131 Å². The van der Waals surface area contributed by atoms with E-state index >= 15 is 0 Å². The molecule has 0 fully saturated rings. The molecule has 8 N–H and O–H groups in total. The Morgan fingerprint density at radius 1 is 0.691 bits per heavy atom. The normalized spacial score (nSPS) is 14.4. The molecule has 0 saturated heterocycles. The van der Waals surface area contributed by atoms with Crippen molar-refractivity contribution in [2.45, 2.75) is 50.9 Å². The number of amidine groups is 1. The van der Waals surface area contributed by atoms with Gasteiger partial charge in [-0.25, -0.2) is 0 Å². The fourth-order valence-corrected chi connectivity index (χ4v) is 8.16. The first-order valence-corrected chi connectivity index (χ1v) is 24.3. The molecule has 2 aromatic carbocycles. The van der Waals surface area contributed by atoms with Gasteiger partial charge in [0, 0.05) is 78.3 Å². The summed E-state index contributed by atoms with van der Waals surface area (Å²) in [5.74, 6) is -0.684. The van der Waals surface area contributed by atoms with Crippen molar-refractivity contribution >= 4 is 99.0 Å². The van der Waals surface area contributed by atoms with E-state index in [0.717, 1.165) is 82.3 Å². The van der Waals surface area contributed by atoms with Crippen LogP contribution in [0, 0.1) is 0 Å². The van der Waals surface area contributed by atoms with E-state index in [1.165, 1.54) is 19.5 Å². The summed E-state index contributed by atoms with van der Waals surface area (Å²) in [6.07, 6.45) is 9.51. The molecule has 20 nitrogen and oxygen atoms in total. The number of carboxylic acids is 1.